The minimum absolute atomic E-state index is 0.233. The summed E-state index contributed by atoms with van der Waals surface area (Å²) < 4.78 is 7.58. The summed E-state index contributed by atoms with van der Waals surface area (Å²) in [6.07, 6.45) is 0.358. The van der Waals surface area contributed by atoms with Crippen molar-refractivity contribution >= 4 is 34.8 Å². The number of benzene rings is 2. The molecule has 4 nitrogen and oxygen atoms in total. The van der Waals surface area contributed by atoms with Crippen LogP contribution < -0.4 is 10.3 Å². The number of ether oxygens (including phenoxy) is 1. The van der Waals surface area contributed by atoms with Gasteiger partial charge in [0.2, 0.25) is 0 Å². The van der Waals surface area contributed by atoms with Crippen LogP contribution in [0.2, 0.25) is 15.1 Å². The molecule has 28 heavy (non-hydrogen) atoms. The van der Waals surface area contributed by atoms with Crippen molar-refractivity contribution < 1.29 is 4.74 Å². The molecule has 1 heterocycles. The monoisotopic (exact) mass is 438 g/mol. The molecule has 1 aromatic heterocycles. The molecule has 0 radical (unpaired) electrons. The van der Waals surface area contributed by atoms with Crippen LogP contribution in [0.25, 0.3) is 5.69 Å². The van der Waals surface area contributed by atoms with Gasteiger partial charge in [-0.05, 0) is 51.0 Å². The summed E-state index contributed by atoms with van der Waals surface area (Å²) in [7, 11) is 0. The van der Waals surface area contributed by atoms with Crippen LogP contribution in [0, 0.1) is 20.8 Å². The Morgan fingerprint density at radius 3 is 2.29 bits per heavy atom. The SMILES string of the molecule is CCC(Oc1ccc(C)cc1C)c1[nH]n(-c2c(Cl)cc(Cl)cc2Cl)c(=O)c1C. The van der Waals surface area contributed by atoms with Crippen LogP contribution in [0.4, 0.5) is 0 Å². The highest BCUT2D eigenvalue weighted by Gasteiger charge is 2.23. The second-order valence-electron chi connectivity index (χ2n) is 6.79. The summed E-state index contributed by atoms with van der Waals surface area (Å²) in [6.45, 7) is 7.81. The van der Waals surface area contributed by atoms with Crippen molar-refractivity contribution in [3.05, 3.63) is 78.1 Å². The molecule has 0 aliphatic carbocycles. The van der Waals surface area contributed by atoms with E-state index in [1.54, 1.807) is 19.1 Å². The van der Waals surface area contributed by atoms with E-state index >= 15 is 0 Å². The van der Waals surface area contributed by atoms with Crippen molar-refractivity contribution in [1.29, 1.82) is 0 Å². The topological polar surface area (TPSA) is 47.0 Å². The summed E-state index contributed by atoms with van der Waals surface area (Å²) in [4.78, 5) is 12.9. The Morgan fingerprint density at radius 2 is 1.71 bits per heavy atom. The van der Waals surface area contributed by atoms with E-state index in [0.717, 1.165) is 11.3 Å². The zero-order valence-corrected chi connectivity index (χ0v) is 18.3. The Kier molecular flexibility index (Phi) is 6.13. The van der Waals surface area contributed by atoms with Gasteiger partial charge in [-0.15, -0.1) is 0 Å². The molecule has 3 aromatic rings. The number of rotatable bonds is 5. The molecule has 148 valence electrons. The lowest BCUT2D eigenvalue weighted by Gasteiger charge is -2.19. The van der Waals surface area contributed by atoms with Gasteiger partial charge >= 0.3 is 0 Å². The van der Waals surface area contributed by atoms with Gasteiger partial charge in [0.1, 0.15) is 17.5 Å². The average Bonchev–Trinajstić information content (AvgIpc) is 2.89. The van der Waals surface area contributed by atoms with Crippen molar-refractivity contribution in [2.24, 2.45) is 0 Å². The van der Waals surface area contributed by atoms with Gasteiger partial charge in [-0.1, -0.05) is 59.4 Å². The first-order chi connectivity index (χ1) is 13.2. The smallest absolute Gasteiger partial charge is 0.274 e. The third-order valence-corrected chi connectivity index (χ3v) is 5.45. The predicted molar refractivity (Wildman–Crippen MR) is 116 cm³/mol. The maximum atomic E-state index is 12.9. The molecule has 2 aromatic carbocycles. The van der Waals surface area contributed by atoms with E-state index < -0.39 is 0 Å². The normalized spacial score (nSPS) is 12.2. The number of hydrogen-bond acceptors (Lipinski definition) is 2. The maximum Gasteiger partial charge on any atom is 0.274 e. The van der Waals surface area contributed by atoms with Gasteiger partial charge < -0.3 is 4.74 Å². The van der Waals surface area contributed by atoms with Crippen LogP contribution in [-0.4, -0.2) is 9.78 Å². The number of nitrogens with one attached hydrogen (secondary N) is 1. The Morgan fingerprint density at radius 1 is 1.07 bits per heavy atom. The fourth-order valence-corrected chi connectivity index (χ4v) is 4.17. The van der Waals surface area contributed by atoms with Crippen LogP contribution in [0.5, 0.6) is 5.75 Å². The third-order valence-electron chi connectivity index (χ3n) is 4.66. The Bertz CT molecular complexity index is 1060. The second kappa shape index (κ2) is 8.24. The number of aryl methyl sites for hydroxylation is 2. The molecule has 1 N–H and O–H groups in total. The zero-order chi connectivity index (χ0) is 20.6. The standard InChI is InChI=1S/C21H21Cl3N2O2/c1-5-17(28-18-7-6-11(2)8-12(18)3)19-13(4)21(27)26(25-19)20-15(23)9-14(22)10-16(20)24/h6-10,17,25H,5H2,1-4H3. The van der Waals surface area contributed by atoms with Crippen molar-refractivity contribution in [2.45, 2.75) is 40.2 Å². The molecule has 0 aliphatic heterocycles. The molecule has 0 saturated heterocycles. The van der Waals surface area contributed by atoms with Crippen molar-refractivity contribution in [3.8, 4) is 11.4 Å². The number of aromatic nitrogens is 2. The molecule has 0 bridgehead atoms. The zero-order valence-electron chi connectivity index (χ0n) is 16.1. The molecule has 0 fully saturated rings. The number of halogens is 3. The van der Waals surface area contributed by atoms with Gasteiger partial charge in [0.25, 0.3) is 5.56 Å². The van der Waals surface area contributed by atoms with Gasteiger partial charge in [-0.2, -0.15) is 0 Å². The fraction of sp³-hybridized carbons (Fsp3) is 0.286. The highest BCUT2D eigenvalue weighted by Crippen LogP contribution is 2.33. The van der Waals surface area contributed by atoms with Gasteiger partial charge in [0.05, 0.1) is 15.7 Å². The first kappa shape index (κ1) is 20.8. The van der Waals surface area contributed by atoms with Crippen LogP contribution in [0.15, 0.2) is 35.1 Å². The lowest BCUT2D eigenvalue weighted by atomic mass is 10.1. The Hall–Kier alpha value is -1.88. The number of H-pyrrole nitrogens is 1. The summed E-state index contributed by atoms with van der Waals surface area (Å²) in [5, 5.41) is 4.11. The minimum atomic E-state index is -0.319. The summed E-state index contributed by atoms with van der Waals surface area (Å²) >= 11 is 18.6. The Balaban J connectivity index is 2.06. The van der Waals surface area contributed by atoms with E-state index in [1.165, 1.54) is 10.2 Å². The van der Waals surface area contributed by atoms with E-state index in [2.05, 4.69) is 11.2 Å². The molecule has 7 heteroatoms. The first-order valence-electron chi connectivity index (χ1n) is 8.93. The third kappa shape index (κ3) is 3.95. The van der Waals surface area contributed by atoms with Crippen molar-refractivity contribution in [2.75, 3.05) is 0 Å². The molecule has 0 saturated carbocycles. The maximum absolute atomic E-state index is 12.9. The minimum Gasteiger partial charge on any atom is -0.484 e. The van der Waals surface area contributed by atoms with Gasteiger partial charge in [0.15, 0.2) is 0 Å². The summed E-state index contributed by atoms with van der Waals surface area (Å²) in [5.74, 6) is 0.785. The van der Waals surface area contributed by atoms with E-state index in [4.69, 9.17) is 39.5 Å². The quantitative estimate of drug-likeness (QED) is 0.488. The van der Waals surface area contributed by atoms with Crippen molar-refractivity contribution in [1.82, 2.24) is 9.78 Å². The van der Waals surface area contributed by atoms with Crippen LogP contribution in [-0.2, 0) is 0 Å². The molecular weight excluding hydrogens is 419 g/mol. The largest absolute Gasteiger partial charge is 0.484 e. The van der Waals surface area contributed by atoms with E-state index in [1.807, 2.05) is 32.9 Å². The van der Waals surface area contributed by atoms with Crippen LogP contribution in [0.1, 0.15) is 41.8 Å². The first-order valence-corrected chi connectivity index (χ1v) is 10.1. The van der Waals surface area contributed by atoms with E-state index in [-0.39, 0.29) is 21.7 Å². The Labute approximate surface area is 179 Å². The highest BCUT2D eigenvalue weighted by molar-refractivity contribution is 6.40. The molecule has 1 unspecified atom stereocenters. The molecule has 0 spiro atoms. The molecular formula is C21H21Cl3N2O2. The summed E-state index contributed by atoms with van der Waals surface area (Å²) in [6, 6.07) is 9.12. The highest BCUT2D eigenvalue weighted by atomic mass is 35.5. The van der Waals surface area contributed by atoms with E-state index in [9.17, 15) is 4.79 Å². The van der Waals surface area contributed by atoms with Crippen LogP contribution >= 0.6 is 34.8 Å². The number of nitrogens with zero attached hydrogens (tertiary/aromatic N) is 1. The second-order valence-corrected chi connectivity index (χ2v) is 8.04. The van der Waals surface area contributed by atoms with Crippen molar-refractivity contribution in [3.63, 3.8) is 0 Å². The summed E-state index contributed by atoms with van der Waals surface area (Å²) in [5.41, 5.74) is 3.59. The van der Waals surface area contributed by atoms with Gasteiger partial charge in [-0.3, -0.25) is 9.89 Å². The molecule has 3 rings (SSSR count). The van der Waals surface area contributed by atoms with Gasteiger partial charge in [0, 0.05) is 10.6 Å². The lowest BCUT2D eigenvalue weighted by molar-refractivity contribution is 0.194. The fourth-order valence-electron chi connectivity index (χ4n) is 3.19. The molecule has 1 atom stereocenters. The van der Waals surface area contributed by atoms with Crippen LogP contribution in [0.3, 0.4) is 0 Å². The molecule has 0 aliphatic rings. The molecule has 0 amide bonds. The lowest BCUT2D eigenvalue weighted by Crippen LogP contribution is -2.16. The van der Waals surface area contributed by atoms with E-state index in [0.29, 0.717) is 28.4 Å². The average molecular weight is 440 g/mol. The predicted octanol–water partition coefficient (Wildman–Crippen LogP) is 6.58. The van der Waals surface area contributed by atoms with Gasteiger partial charge in [-0.25, -0.2) is 4.68 Å². The number of aromatic amines is 1. The number of hydrogen-bond donors (Lipinski definition) is 1.